The van der Waals surface area contributed by atoms with Gasteiger partial charge in [-0.25, -0.2) is 0 Å². The van der Waals surface area contributed by atoms with Gasteiger partial charge in [0.25, 0.3) is 5.91 Å². The molecule has 0 saturated carbocycles. The van der Waals surface area contributed by atoms with E-state index in [1.807, 2.05) is 37.2 Å². The average Bonchev–Trinajstić information content (AvgIpc) is 3.03. The van der Waals surface area contributed by atoms with Crippen LogP contribution in [0.1, 0.15) is 33.9 Å². The number of hydrogen-bond donors (Lipinski definition) is 0. The van der Waals surface area contributed by atoms with E-state index in [1.165, 1.54) is 12.0 Å². The summed E-state index contributed by atoms with van der Waals surface area (Å²) in [6.45, 7) is 2.92. The van der Waals surface area contributed by atoms with Crippen LogP contribution in [0.4, 0.5) is 0 Å². The van der Waals surface area contributed by atoms with Crippen LogP contribution in [0.25, 0.3) is 0 Å². The van der Waals surface area contributed by atoms with E-state index in [4.69, 9.17) is 9.47 Å². The Morgan fingerprint density at radius 1 is 1.06 bits per heavy atom. The van der Waals surface area contributed by atoms with Crippen LogP contribution in [0.15, 0.2) is 42.5 Å². The topological polar surface area (TPSA) is 76.2 Å². The fourth-order valence-electron chi connectivity index (χ4n) is 4.25. The summed E-state index contributed by atoms with van der Waals surface area (Å²) in [5.74, 6) is -1.63. The van der Waals surface area contributed by atoms with E-state index in [0.717, 1.165) is 6.54 Å². The van der Waals surface area contributed by atoms with Gasteiger partial charge < -0.3 is 19.3 Å². The number of ketones is 2. The zero-order valence-corrected chi connectivity index (χ0v) is 19.3. The van der Waals surface area contributed by atoms with Gasteiger partial charge >= 0.3 is 0 Å². The Kier molecular flexibility index (Phi) is 7.30. The number of methoxy groups -OCH3 is 2. The molecule has 2 aromatic carbocycles. The molecular formula is C25H30N2O5. The van der Waals surface area contributed by atoms with Gasteiger partial charge in [0.05, 0.1) is 20.3 Å². The molecular weight excluding hydrogens is 408 g/mol. The third kappa shape index (κ3) is 4.53. The molecule has 2 atom stereocenters. The summed E-state index contributed by atoms with van der Waals surface area (Å²) in [5.41, 5.74) is 1.76. The van der Waals surface area contributed by atoms with Gasteiger partial charge in [-0.05, 0) is 63.8 Å². The lowest BCUT2D eigenvalue weighted by molar-refractivity contribution is -0.140. The summed E-state index contributed by atoms with van der Waals surface area (Å²) in [4.78, 5) is 43.4. The molecule has 170 valence electrons. The Balaban J connectivity index is 2.06. The molecule has 0 aliphatic carbocycles. The first-order valence-corrected chi connectivity index (χ1v) is 10.6. The maximum atomic E-state index is 13.6. The van der Waals surface area contributed by atoms with Crippen LogP contribution >= 0.6 is 0 Å². The van der Waals surface area contributed by atoms with Crippen LogP contribution in [-0.2, 0) is 9.59 Å². The van der Waals surface area contributed by atoms with Crippen LogP contribution < -0.4 is 9.47 Å². The molecule has 1 aliphatic rings. The molecule has 3 rings (SSSR count). The molecule has 0 radical (unpaired) electrons. The second-order valence-corrected chi connectivity index (χ2v) is 8.23. The van der Waals surface area contributed by atoms with Crippen LogP contribution in [-0.4, -0.2) is 68.7 Å². The molecule has 1 heterocycles. The number of Topliss-reactive ketones (excluding diaryl/α,β-unsaturated/α-hetero) is 2. The first kappa shape index (κ1) is 23.5. The van der Waals surface area contributed by atoms with Crippen molar-refractivity contribution in [1.82, 2.24) is 9.80 Å². The molecule has 1 fully saturated rings. The predicted octanol–water partition coefficient (Wildman–Crippen LogP) is 2.92. The van der Waals surface area contributed by atoms with Crippen LogP contribution in [0, 0.1) is 12.8 Å². The minimum Gasteiger partial charge on any atom is -0.497 e. The Labute approximate surface area is 188 Å². The smallest absolute Gasteiger partial charge is 0.291 e. The SMILES string of the molecule is COc1ccc(C(=O)C2C(=O)C(=O)N(CCCN(C)C)C2c2ccccc2OC)c(C)c1. The first-order valence-electron chi connectivity index (χ1n) is 10.6. The third-order valence-corrected chi connectivity index (χ3v) is 5.85. The van der Waals surface area contributed by atoms with E-state index < -0.39 is 23.7 Å². The highest BCUT2D eigenvalue weighted by atomic mass is 16.5. The zero-order chi connectivity index (χ0) is 23.4. The summed E-state index contributed by atoms with van der Waals surface area (Å²) in [7, 11) is 7.00. The highest BCUT2D eigenvalue weighted by molar-refractivity contribution is 6.44. The molecule has 7 nitrogen and oxygen atoms in total. The zero-order valence-electron chi connectivity index (χ0n) is 19.3. The van der Waals surface area contributed by atoms with E-state index in [0.29, 0.717) is 41.2 Å². The van der Waals surface area contributed by atoms with Crippen LogP contribution in [0.5, 0.6) is 11.5 Å². The number of amides is 1. The fourth-order valence-corrected chi connectivity index (χ4v) is 4.25. The van der Waals surface area contributed by atoms with Gasteiger partial charge in [0.1, 0.15) is 17.4 Å². The molecule has 0 bridgehead atoms. The molecule has 7 heteroatoms. The number of aryl methyl sites for hydroxylation is 1. The third-order valence-electron chi connectivity index (χ3n) is 5.85. The number of rotatable bonds is 9. The maximum absolute atomic E-state index is 13.6. The number of ether oxygens (including phenoxy) is 2. The van der Waals surface area contributed by atoms with E-state index >= 15 is 0 Å². The highest BCUT2D eigenvalue weighted by Gasteiger charge is 2.52. The van der Waals surface area contributed by atoms with E-state index in [9.17, 15) is 14.4 Å². The first-order chi connectivity index (χ1) is 15.3. The monoisotopic (exact) mass is 438 g/mol. The van der Waals surface area contributed by atoms with Gasteiger partial charge in [-0.2, -0.15) is 0 Å². The average molecular weight is 439 g/mol. The van der Waals surface area contributed by atoms with Crippen molar-refractivity contribution in [2.24, 2.45) is 5.92 Å². The van der Waals surface area contributed by atoms with Gasteiger partial charge in [0.15, 0.2) is 5.78 Å². The van der Waals surface area contributed by atoms with Crippen molar-refractivity contribution < 1.29 is 23.9 Å². The lowest BCUT2D eigenvalue weighted by Crippen LogP contribution is -2.33. The number of nitrogens with zero attached hydrogens (tertiary/aromatic N) is 2. The van der Waals surface area contributed by atoms with Crippen molar-refractivity contribution in [1.29, 1.82) is 0 Å². The van der Waals surface area contributed by atoms with Gasteiger partial charge in [-0.3, -0.25) is 14.4 Å². The maximum Gasteiger partial charge on any atom is 0.291 e. The summed E-state index contributed by atoms with van der Waals surface area (Å²) < 4.78 is 10.8. The van der Waals surface area contributed by atoms with E-state index in [1.54, 1.807) is 38.3 Å². The number of benzene rings is 2. The summed E-state index contributed by atoms with van der Waals surface area (Å²) >= 11 is 0. The molecule has 1 amide bonds. The highest BCUT2D eigenvalue weighted by Crippen LogP contribution is 2.42. The Bertz CT molecular complexity index is 1020. The minimum absolute atomic E-state index is 0.366. The van der Waals surface area contributed by atoms with Gasteiger partial charge in [0.2, 0.25) is 5.78 Å². The van der Waals surface area contributed by atoms with Crippen molar-refractivity contribution >= 4 is 17.5 Å². The number of carbonyl (C=O) groups excluding carboxylic acids is 3. The van der Waals surface area contributed by atoms with Crippen molar-refractivity contribution in [3.63, 3.8) is 0 Å². The van der Waals surface area contributed by atoms with Gasteiger partial charge in [-0.1, -0.05) is 18.2 Å². The molecule has 0 spiro atoms. The summed E-state index contributed by atoms with van der Waals surface area (Å²) in [6.07, 6.45) is 0.681. The standard InChI is InChI=1S/C25H30N2O5/c1-16-15-17(31-4)11-12-18(16)23(28)21-22(19-9-6-7-10-20(19)32-5)27(25(30)24(21)29)14-8-13-26(2)3/h6-7,9-12,15,21-22H,8,13-14H2,1-5H3. The molecule has 2 unspecified atom stereocenters. The second kappa shape index (κ2) is 9.96. The Morgan fingerprint density at radius 3 is 2.41 bits per heavy atom. The van der Waals surface area contributed by atoms with E-state index in [2.05, 4.69) is 0 Å². The molecule has 32 heavy (non-hydrogen) atoms. The van der Waals surface area contributed by atoms with Crippen molar-refractivity contribution in [3.05, 3.63) is 59.2 Å². The number of para-hydroxylation sites is 1. The second-order valence-electron chi connectivity index (χ2n) is 8.23. The van der Waals surface area contributed by atoms with Crippen molar-refractivity contribution in [2.45, 2.75) is 19.4 Å². The molecule has 2 aromatic rings. The lowest BCUT2D eigenvalue weighted by atomic mass is 9.84. The Hall–Kier alpha value is -3.19. The number of likely N-dealkylation sites (tertiary alicyclic amines) is 1. The van der Waals surface area contributed by atoms with Crippen molar-refractivity contribution in [2.75, 3.05) is 41.4 Å². The Morgan fingerprint density at radius 2 is 1.78 bits per heavy atom. The minimum atomic E-state index is -1.13. The fraction of sp³-hybridized carbons (Fsp3) is 0.400. The van der Waals surface area contributed by atoms with Crippen LogP contribution in [0.3, 0.4) is 0 Å². The number of carbonyl (C=O) groups is 3. The van der Waals surface area contributed by atoms with E-state index in [-0.39, 0.29) is 5.78 Å². The quantitative estimate of drug-likeness (QED) is 0.340. The number of hydrogen-bond acceptors (Lipinski definition) is 6. The lowest BCUT2D eigenvalue weighted by Gasteiger charge is -2.29. The largest absolute Gasteiger partial charge is 0.497 e. The molecule has 1 aliphatic heterocycles. The normalized spacial score (nSPS) is 18.4. The van der Waals surface area contributed by atoms with Gasteiger partial charge in [-0.15, -0.1) is 0 Å². The van der Waals surface area contributed by atoms with Crippen molar-refractivity contribution in [3.8, 4) is 11.5 Å². The van der Waals surface area contributed by atoms with Gasteiger partial charge in [0, 0.05) is 17.7 Å². The summed E-state index contributed by atoms with van der Waals surface area (Å²) in [5, 5.41) is 0. The predicted molar refractivity (Wildman–Crippen MR) is 121 cm³/mol. The molecule has 0 N–H and O–H groups in total. The summed E-state index contributed by atoms with van der Waals surface area (Å²) in [6, 6.07) is 11.6. The molecule has 0 aromatic heterocycles. The molecule has 1 saturated heterocycles. The van der Waals surface area contributed by atoms with Crippen LogP contribution in [0.2, 0.25) is 0 Å².